The van der Waals surface area contributed by atoms with Crippen LogP contribution in [0, 0.1) is 5.82 Å². The molecule has 0 amide bonds. The Kier molecular flexibility index (Phi) is 5.87. The average Bonchev–Trinajstić information content (AvgIpc) is 3.37. The van der Waals surface area contributed by atoms with E-state index >= 15 is 0 Å². The fourth-order valence-corrected chi connectivity index (χ4v) is 5.57. The van der Waals surface area contributed by atoms with Gasteiger partial charge in [0.2, 0.25) is 0 Å². The number of nitrogens with one attached hydrogen (secondary N) is 1. The van der Waals surface area contributed by atoms with E-state index in [1.165, 1.54) is 6.07 Å². The predicted molar refractivity (Wildman–Crippen MR) is 140 cm³/mol. The third-order valence-electron chi connectivity index (χ3n) is 7.55. The van der Waals surface area contributed by atoms with Crippen LogP contribution < -0.4 is 14.4 Å². The number of benzene rings is 2. The quantitative estimate of drug-likeness (QED) is 0.398. The highest BCUT2D eigenvalue weighted by molar-refractivity contribution is 5.95. The molecule has 10 heteroatoms. The van der Waals surface area contributed by atoms with E-state index in [1.54, 1.807) is 18.3 Å². The number of ether oxygens (including phenoxy) is 3. The van der Waals surface area contributed by atoms with Crippen LogP contribution in [0.4, 0.5) is 10.1 Å². The molecular weight excluding hydrogens is 489 g/mol. The molecule has 0 saturated carbocycles. The van der Waals surface area contributed by atoms with Crippen molar-refractivity contribution in [1.82, 2.24) is 20.1 Å². The molecule has 4 bridgehead atoms. The maximum absolute atomic E-state index is 15.0. The van der Waals surface area contributed by atoms with E-state index in [2.05, 4.69) is 31.0 Å². The lowest BCUT2D eigenvalue weighted by Crippen LogP contribution is -2.58. The Labute approximate surface area is 218 Å². The van der Waals surface area contributed by atoms with Crippen LogP contribution in [0.1, 0.15) is 0 Å². The summed E-state index contributed by atoms with van der Waals surface area (Å²) < 4.78 is 32.8. The lowest BCUT2D eigenvalue weighted by atomic mass is 10.0. The number of aliphatic hydroxyl groups is 1. The number of aromatic amines is 1. The summed E-state index contributed by atoms with van der Waals surface area (Å²) in [5.74, 6) is 0.526. The van der Waals surface area contributed by atoms with Gasteiger partial charge < -0.3 is 24.2 Å². The van der Waals surface area contributed by atoms with E-state index in [9.17, 15) is 9.50 Å². The second kappa shape index (κ2) is 9.54. The Morgan fingerprint density at radius 3 is 2.82 bits per heavy atom. The summed E-state index contributed by atoms with van der Waals surface area (Å²) in [7, 11) is 0. The molecule has 2 aromatic carbocycles. The molecule has 4 aromatic rings. The van der Waals surface area contributed by atoms with Gasteiger partial charge in [-0.25, -0.2) is 4.39 Å². The van der Waals surface area contributed by atoms with Crippen molar-refractivity contribution in [3.63, 3.8) is 0 Å². The van der Waals surface area contributed by atoms with Gasteiger partial charge >= 0.3 is 0 Å². The summed E-state index contributed by atoms with van der Waals surface area (Å²) in [6, 6.07) is 12.8. The Morgan fingerprint density at radius 1 is 1.00 bits per heavy atom. The van der Waals surface area contributed by atoms with Crippen LogP contribution in [-0.2, 0) is 4.74 Å². The highest BCUT2D eigenvalue weighted by Gasteiger charge is 2.31. The number of fused-ring (bicyclic) bond motifs is 7. The van der Waals surface area contributed by atoms with Crippen LogP contribution >= 0.6 is 0 Å². The molecular formula is C28H28FN5O4. The van der Waals surface area contributed by atoms with Crippen molar-refractivity contribution >= 4 is 16.6 Å². The second-order valence-electron chi connectivity index (χ2n) is 9.97. The first-order valence-corrected chi connectivity index (χ1v) is 12.9. The Bertz CT molecular complexity index is 1490. The van der Waals surface area contributed by atoms with E-state index in [0.717, 1.165) is 61.5 Å². The first-order chi connectivity index (χ1) is 18.6. The van der Waals surface area contributed by atoms with Crippen molar-refractivity contribution in [2.45, 2.75) is 12.1 Å². The predicted octanol–water partition coefficient (Wildman–Crippen LogP) is 3.08. The zero-order chi connectivity index (χ0) is 25.6. The van der Waals surface area contributed by atoms with Gasteiger partial charge in [-0.3, -0.25) is 15.0 Å². The number of rotatable bonds is 1. The Hall–Kier alpha value is -3.73. The Morgan fingerprint density at radius 2 is 1.89 bits per heavy atom. The molecule has 2 fully saturated rings. The molecule has 1 unspecified atom stereocenters. The first kappa shape index (κ1) is 23.4. The third-order valence-corrected chi connectivity index (χ3v) is 7.55. The molecule has 3 aliphatic rings. The van der Waals surface area contributed by atoms with Crippen LogP contribution in [0.5, 0.6) is 11.5 Å². The van der Waals surface area contributed by atoms with Crippen molar-refractivity contribution in [2.24, 2.45) is 0 Å². The van der Waals surface area contributed by atoms with E-state index < -0.39 is 11.9 Å². The lowest BCUT2D eigenvalue weighted by molar-refractivity contribution is -0.0117. The van der Waals surface area contributed by atoms with E-state index in [4.69, 9.17) is 14.2 Å². The number of piperazine rings is 1. The number of H-pyrrole nitrogens is 1. The average molecular weight is 518 g/mol. The third kappa shape index (κ3) is 4.14. The summed E-state index contributed by atoms with van der Waals surface area (Å²) in [5, 5.41) is 19.1. The molecule has 38 heavy (non-hydrogen) atoms. The standard InChI is InChI=1S/C28H28FN5O4/c29-21-2-1-3-25-27(21)22-11-20-23(12-30-22)31-32-28(20)17-4-5-24(26(10-17)38-16-19(35)15-37-25)34-7-6-33-8-9-36-14-18(33)13-34/h1-5,10-12,18-19,35H,6-9,13-16H2,(H,31,32)/t18-,19?/m1/s1. The number of aliphatic hydroxyl groups excluding tert-OH is 1. The zero-order valence-corrected chi connectivity index (χ0v) is 20.8. The summed E-state index contributed by atoms with van der Waals surface area (Å²) >= 11 is 0. The molecule has 0 spiro atoms. The fraction of sp³-hybridized carbons (Fsp3) is 0.357. The summed E-state index contributed by atoms with van der Waals surface area (Å²) in [6.45, 7) is 5.11. The van der Waals surface area contributed by atoms with Crippen molar-refractivity contribution in [2.75, 3.05) is 57.5 Å². The molecule has 7 rings (SSSR count). The van der Waals surface area contributed by atoms with Gasteiger partial charge in [-0.05, 0) is 30.3 Å². The molecule has 2 N–H and O–H groups in total. The molecule has 0 aliphatic carbocycles. The Balaban J connectivity index is 1.32. The number of morpholine rings is 1. The number of nitrogens with zero attached hydrogens (tertiary/aromatic N) is 4. The molecule has 3 aliphatic heterocycles. The van der Waals surface area contributed by atoms with E-state index in [0.29, 0.717) is 28.9 Å². The van der Waals surface area contributed by atoms with Crippen molar-refractivity contribution in [3.05, 3.63) is 54.5 Å². The molecule has 9 nitrogen and oxygen atoms in total. The summed E-state index contributed by atoms with van der Waals surface area (Å²) in [4.78, 5) is 9.28. The number of halogens is 1. The van der Waals surface area contributed by atoms with Crippen molar-refractivity contribution < 1.29 is 23.7 Å². The smallest absolute Gasteiger partial charge is 0.143 e. The van der Waals surface area contributed by atoms with Gasteiger partial charge in [-0.2, -0.15) is 5.10 Å². The molecule has 196 valence electrons. The van der Waals surface area contributed by atoms with Crippen LogP contribution in [-0.4, -0.2) is 89.9 Å². The molecule has 5 heterocycles. The SMILES string of the molecule is OC1COc2cc(ccc2N2CCN3CCOC[C@H]3C2)-c2n[nH]c3cnc(cc23)-c2c(F)cccc2OC1. The second-order valence-corrected chi connectivity index (χ2v) is 9.97. The van der Waals surface area contributed by atoms with Gasteiger partial charge in [-0.15, -0.1) is 0 Å². The highest BCUT2D eigenvalue weighted by atomic mass is 19.1. The van der Waals surface area contributed by atoms with Crippen LogP contribution in [0.25, 0.3) is 33.4 Å². The highest BCUT2D eigenvalue weighted by Crippen LogP contribution is 2.39. The molecule has 2 aromatic heterocycles. The van der Waals surface area contributed by atoms with Crippen molar-refractivity contribution in [3.8, 4) is 34.0 Å². The fourth-order valence-electron chi connectivity index (χ4n) is 5.57. The minimum Gasteiger partial charge on any atom is -0.490 e. The summed E-state index contributed by atoms with van der Waals surface area (Å²) in [5.41, 5.74) is 3.94. The molecule has 2 atom stereocenters. The minimum absolute atomic E-state index is 0.0210. The molecule has 0 radical (unpaired) electrons. The maximum atomic E-state index is 15.0. The van der Waals surface area contributed by atoms with Gasteiger partial charge in [0.15, 0.2) is 0 Å². The zero-order valence-electron chi connectivity index (χ0n) is 20.8. The van der Waals surface area contributed by atoms with Gasteiger partial charge in [0.25, 0.3) is 0 Å². The van der Waals surface area contributed by atoms with Gasteiger partial charge in [0, 0.05) is 37.1 Å². The van der Waals surface area contributed by atoms with E-state index in [-0.39, 0.29) is 18.8 Å². The largest absolute Gasteiger partial charge is 0.490 e. The monoisotopic (exact) mass is 517 g/mol. The van der Waals surface area contributed by atoms with E-state index in [1.807, 2.05) is 18.2 Å². The topological polar surface area (TPSA) is 96.0 Å². The number of hydrogen-bond acceptors (Lipinski definition) is 8. The summed E-state index contributed by atoms with van der Waals surface area (Å²) in [6.07, 6.45) is 0.723. The normalized spacial score (nSPS) is 21.8. The maximum Gasteiger partial charge on any atom is 0.143 e. The number of aromatic nitrogens is 3. The molecule has 2 saturated heterocycles. The van der Waals surface area contributed by atoms with Crippen LogP contribution in [0.2, 0.25) is 0 Å². The van der Waals surface area contributed by atoms with Crippen LogP contribution in [0.15, 0.2) is 48.7 Å². The van der Waals surface area contributed by atoms with Gasteiger partial charge in [0.1, 0.15) is 42.3 Å². The first-order valence-electron chi connectivity index (χ1n) is 12.9. The van der Waals surface area contributed by atoms with Crippen molar-refractivity contribution in [1.29, 1.82) is 0 Å². The van der Waals surface area contributed by atoms with Gasteiger partial charge in [-0.1, -0.05) is 12.1 Å². The van der Waals surface area contributed by atoms with Gasteiger partial charge in [0.05, 0.1) is 47.9 Å². The minimum atomic E-state index is -0.925. The van der Waals surface area contributed by atoms with Crippen LogP contribution in [0.3, 0.4) is 0 Å². The number of pyridine rings is 1. The number of anilines is 1. The lowest BCUT2D eigenvalue weighted by Gasteiger charge is -2.44. The number of hydrogen-bond donors (Lipinski definition) is 2.